The van der Waals surface area contributed by atoms with Gasteiger partial charge in [-0.1, -0.05) is 83.1 Å². The first-order chi connectivity index (χ1) is 21.4. The smallest absolute Gasteiger partial charge is 0.137 e. The third kappa shape index (κ3) is 7.68. The highest BCUT2D eigenvalue weighted by Gasteiger charge is 2.43. The van der Waals surface area contributed by atoms with Gasteiger partial charge in [-0.05, 0) is 82.2 Å². The Morgan fingerprint density at radius 2 is 1.04 bits per heavy atom. The summed E-state index contributed by atoms with van der Waals surface area (Å²) in [5.74, 6) is 1.63. The Kier molecular flexibility index (Phi) is 10.4. The molecule has 0 aliphatic rings. The van der Waals surface area contributed by atoms with Crippen LogP contribution in [0.2, 0.25) is 0 Å². The van der Waals surface area contributed by atoms with Crippen molar-refractivity contribution in [1.82, 2.24) is 0 Å². The average Bonchev–Trinajstić information content (AvgIpc) is 2.96. The zero-order valence-electron chi connectivity index (χ0n) is 31.3. The highest BCUT2D eigenvalue weighted by Crippen LogP contribution is 2.48. The van der Waals surface area contributed by atoms with Crippen LogP contribution in [-0.2, 0) is 27.3 Å². The highest BCUT2D eigenvalue weighted by molar-refractivity contribution is 5.84. The van der Waals surface area contributed by atoms with Gasteiger partial charge in [-0.3, -0.25) is 4.99 Å². The van der Waals surface area contributed by atoms with Crippen LogP contribution in [0.25, 0.3) is 0 Å². The molecule has 1 unspecified atom stereocenters. The van der Waals surface area contributed by atoms with E-state index in [9.17, 15) is 15.5 Å². The van der Waals surface area contributed by atoms with E-state index in [4.69, 9.17) is 14.5 Å². The number of hydrogen-bond acceptors (Lipinski definition) is 6. The largest absolute Gasteiger partial charge is 0.507 e. The molecule has 47 heavy (non-hydrogen) atoms. The summed E-state index contributed by atoms with van der Waals surface area (Å²) < 4.78 is 12.2. The first kappa shape index (κ1) is 37.6. The van der Waals surface area contributed by atoms with Crippen molar-refractivity contribution in [2.45, 2.75) is 123 Å². The van der Waals surface area contributed by atoms with Gasteiger partial charge in [-0.15, -0.1) is 0 Å². The first-order valence-corrected chi connectivity index (χ1v) is 16.4. The quantitative estimate of drug-likeness (QED) is 0.251. The average molecular weight is 641 g/mol. The lowest BCUT2D eigenvalue weighted by Gasteiger charge is -2.39. The zero-order chi connectivity index (χ0) is 35.9. The summed E-state index contributed by atoms with van der Waals surface area (Å²) >= 11 is 0. The molecule has 0 spiro atoms. The summed E-state index contributed by atoms with van der Waals surface area (Å²) in [5.41, 5.74) is 3.30. The Labute approximate surface area is 283 Å². The normalized spacial score (nSPS) is 13.9. The molecule has 0 saturated heterocycles. The maximum Gasteiger partial charge on any atom is 0.137 e. The zero-order valence-corrected chi connectivity index (χ0v) is 31.3. The van der Waals surface area contributed by atoms with Gasteiger partial charge in [0, 0.05) is 34.0 Å². The molecule has 0 amide bonds. The predicted molar refractivity (Wildman–Crippen MR) is 194 cm³/mol. The molecular formula is C41H56N2O4. The van der Waals surface area contributed by atoms with Crippen molar-refractivity contribution < 1.29 is 19.7 Å². The summed E-state index contributed by atoms with van der Waals surface area (Å²) in [5, 5.41) is 33.5. The van der Waals surface area contributed by atoms with E-state index >= 15 is 0 Å². The lowest BCUT2D eigenvalue weighted by atomic mass is 9.71. The molecule has 3 rings (SSSR count). The van der Waals surface area contributed by atoms with Crippen LogP contribution in [0.15, 0.2) is 47.5 Å². The van der Waals surface area contributed by atoms with Gasteiger partial charge in [0.1, 0.15) is 22.8 Å². The van der Waals surface area contributed by atoms with Crippen molar-refractivity contribution >= 4 is 6.21 Å². The minimum absolute atomic E-state index is 0.00691. The number of aliphatic hydroxyl groups is 1. The molecule has 0 aromatic heterocycles. The number of nitrogens with zero attached hydrogens (tertiary/aromatic N) is 2. The lowest BCUT2D eigenvalue weighted by molar-refractivity contribution is 0.0582. The molecular weight excluding hydrogens is 584 g/mol. The van der Waals surface area contributed by atoms with Gasteiger partial charge in [0.2, 0.25) is 0 Å². The number of ether oxygens (including phenoxy) is 2. The second kappa shape index (κ2) is 13.0. The Morgan fingerprint density at radius 1 is 0.681 bits per heavy atom. The van der Waals surface area contributed by atoms with E-state index in [2.05, 4.69) is 113 Å². The Morgan fingerprint density at radius 3 is 1.34 bits per heavy atom. The van der Waals surface area contributed by atoms with Gasteiger partial charge in [-0.2, -0.15) is 5.26 Å². The van der Waals surface area contributed by atoms with Crippen LogP contribution in [0.1, 0.15) is 135 Å². The third-order valence-corrected chi connectivity index (χ3v) is 8.90. The third-order valence-electron chi connectivity index (χ3n) is 8.90. The monoisotopic (exact) mass is 640 g/mol. The molecule has 2 N–H and O–H groups in total. The van der Waals surface area contributed by atoms with E-state index < -0.39 is 11.6 Å². The van der Waals surface area contributed by atoms with E-state index in [0.717, 1.165) is 33.8 Å². The van der Waals surface area contributed by atoms with Gasteiger partial charge in [0.05, 0.1) is 31.9 Å². The van der Waals surface area contributed by atoms with Crippen molar-refractivity contribution in [2.75, 3.05) is 14.2 Å². The van der Waals surface area contributed by atoms with Crippen LogP contribution in [0.4, 0.5) is 0 Å². The summed E-state index contributed by atoms with van der Waals surface area (Å²) in [6.45, 7) is 27.7. The molecule has 254 valence electrons. The maximum atomic E-state index is 13.4. The molecule has 0 heterocycles. The van der Waals surface area contributed by atoms with Crippen molar-refractivity contribution in [3.05, 3.63) is 87.0 Å². The molecule has 1 atom stereocenters. The molecule has 6 heteroatoms. The van der Waals surface area contributed by atoms with Crippen LogP contribution in [-0.4, -0.2) is 36.7 Å². The van der Waals surface area contributed by atoms with Gasteiger partial charge < -0.3 is 19.7 Å². The van der Waals surface area contributed by atoms with Gasteiger partial charge in [-0.25, -0.2) is 0 Å². The molecule has 0 fully saturated rings. The molecule has 0 bridgehead atoms. The van der Waals surface area contributed by atoms with Crippen molar-refractivity contribution in [3.63, 3.8) is 0 Å². The number of phenolic OH excluding ortho intramolecular Hbond substituents is 1. The highest BCUT2D eigenvalue weighted by atomic mass is 16.5. The lowest BCUT2D eigenvalue weighted by Crippen LogP contribution is -2.39. The number of nitriles is 1. The molecule has 0 aliphatic heterocycles. The molecule has 6 nitrogen and oxygen atoms in total. The Bertz CT molecular complexity index is 1530. The summed E-state index contributed by atoms with van der Waals surface area (Å²) in [6, 6.07) is 14.3. The van der Waals surface area contributed by atoms with Crippen LogP contribution in [0.3, 0.4) is 0 Å². The van der Waals surface area contributed by atoms with Crippen LogP contribution >= 0.6 is 0 Å². The van der Waals surface area contributed by atoms with Crippen molar-refractivity contribution in [2.24, 2.45) is 4.99 Å². The minimum Gasteiger partial charge on any atom is -0.507 e. The molecule has 3 aromatic rings. The topological polar surface area (TPSA) is 95.1 Å². The fourth-order valence-electron chi connectivity index (χ4n) is 6.04. The van der Waals surface area contributed by atoms with Crippen LogP contribution < -0.4 is 9.47 Å². The van der Waals surface area contributed by atoms with Gasteiger partial charge in [0.15, 0.2) is 0 Å². The molecule has 0 saturated carbocycles. The number of hydrogen-bond donors (Lipinski definition) is 2. The number of benzene rings is 3. The number of methoxy groups -OCH3 is 2. The van der Waals surface area contributed by atoms with Crippen molar-refractivity contribution in [3.8, 4) is 23.3 Å². The van der Waals surface area contributed by atoms with E-state index in [-0.39, 0.29) is 27.4 Å². The second-order valence-electron chi connectivity index (χ2n) is 16.8. The fraction of sp³-hybridized carbons (Fsp3) is 0.512. The summed E-state index contributed by atoms with van der Waals surface area (Å²) in [7, 11) is 3.41. The van der Waals surface area contributed by atoms with E-state index in [1.54, 1.807) is 32.6 Å². The summed E-state index contributed by atoms with van der Waals surface area (Å²) in [4.78, 5) is 4.90. The fourth-order valence-corrected chi connectivity index (χ4v) is 6.04. The van der Waals surface area contributed by atoms with E-state index in [1.807, 2.05) is 6.92 Å². The number of rotatable bonds is 7. The van der Waals surface area contributed by atoms with Crippen LogP contribution in [0, 0.1) is 11.3 Å². The predicted octanol–water partition coefficient (Wildman–Crippen LogP) is 9.21. The Hall–Kier alpha value is -3.82. The SMILES string of the molecule is COc1c(C(C)(C)C)cc(C(O)(c2cc(C(C)(C)C)c(OC)c(C(C)(C)C)c2)C(C)N=Cc2cc(C#N)ccc2O)cc1C(C)(C)C. The second-order valence-corrected chi connectivity index (χ2v) is 16.8. The molecule has 3 aromatic carbocycles. The van der Waals surface area contributed by atoms with Crippen LogP contribution in [0.5, 0.6) is 17.2 Å². The van der Waals surface area contributed by atoms with E-state index in [1.165, 1.54) is 6.07 Å². The maximum absolute atomic E-state index is 13.4. The van der Waals surface area contributed by atoms with Gasteiger partial charge in [0.25, 0.3) is 0 Å². The minimum atomic E-state index is -1.63. The number of phenols is 1. The van der Waals surface area contributed by atoms with Crippen molar-refractivity contribution in [1.29, 1.82) is 5.26 Å². The first-order valence-electron chi connectivity index (χ1n) is 16.4. The number of aromatic hydroxyl groups is 1. The Balaban J connectivity index is 2.57. The molecule has 0 aliphatic carbocycles. The summed E-state index contributed by atoms with van der Waals surface area (Å²) in [6.07, 6.45) is 1.55. The number of aliphatic imine (C=N–C) groups is 1. The van der Waals surface area contributed by atoms with Gasteiger partial charge >= 0.3 is 0 Å². The molecule has 0 radical (unpaired) electrons. The van der Waals surface area contributed by atoms with E-state index in [0.29, 0.717) is 22.3 Å². The standard InChI is InChI=1S/C41H56N2O4/c1-25(43-24-27-18-26(23-42)16-17-34(27)44)41(45,28-19-30(37(2,3)4)35(46-14)31(20-28)38(5,6)7)29-21-32(39(8,9)10)36(47-15)33(22-29)40(11,12)13/h16-22,24-25,44-45H,1-15H3.